The molecule has 5 nitrogen and oxygen atoms in total. The summed E-state index contributed by atoms with van der Waals surface area (Å²) in [5.74, 6) is 0.806. The molecule has 0 spiro atoms. The molecule has 1 aromatic carbocycles. The summed E-state index contributed by atoms with van der Waals surface area (Å²) in [5.41, 5.74) is 4.79. The number of amides is 1. The molecule has 1 aromatic heterocycles. The van der Waals surface area contributed by atoms with Crippen LogP contribution < -0.4 is 10.6 Å². The van der Waals surface area contributed by atoms with E-state index in [-0.39, 0.29) is 5.91 Å². The number of rotatable bonds is 6. The Bertz CT molecular complexity index is 732. The second kappa shape index (κ2) is 7.40. The second-order valence-electron chi connectivity index (χ2n) is 7.15. The van der Waals surface area contributed by atoms with E-state index in [9.17, 15) is 4.79 Å². The van der Waals surface area contributed by atoms with Gasteiger partial charge in [0, 0.05) is 12.1 Å². The molecule has 1 aliphatic carbocycles. The van der Waals surface area contributed by atoms with Crippen LogP contribution in [0.2, 0.25) is 0 Å². The van der Waals surface area contributed by atoms with Gasteiger partial charge in [0.15, 0.2) is 0 Å². The molecule has 2 heterocycles. The first kappa shape index (κ1) is 16.3. The Labute approximate surface area is 148 Å². The summed E-state index contributed by atoms with van der Waals surface area (Å²) in [6.07, 6.45) is 6.11. The number of nitrogens with one attached hydrogen (secondary N) is 2. The minimum absolute atomic E-state index is 0.146. The van der Waals surface area contributed by atoms with Gasteiger partial charge in [0.1, 0.15) is 0 Å². The van der Waals surface area contributed by atoms with E-state index < -0.39 is 0 Å². The molecule has 5 heteroatoms. The molecular formula is C20H26N4O. The second-order valence-corrected chi connectivity index (χ2v) is 7.15. The van der Waals surface area contributed by atoms with Gasteiger partial charge in [-0.1, -0.05) is 18.2 Å². The number of carbonyl (C=O) groups is 1. The average Bonchev–Trinajstić information content (AvgIpc) is 3.37. The molecular weight excluding hydrogens is 312 g/mol. The minimum atomic E-state index is 0.146. The first-order chi connectivity index (χ1) is 12.3. The number of para-hydroxylation sites is 1. The monoisotopic (exact) mass is 338 g/mol. The van der Waals surface area contributed by atoms with Crippen LogP contribution >= 0.6 is 0 Å². The first-order valence-electron chi connectivity index (χ1n) is 9.44. The van der Waals surface area contributed by atoms with E-state index in [1.165, 1.54) is 24.1 Å². The van der Waals surface area contributed by atoms with E-state index in [0.717, 1.165) is 43.7 Å². The summed E-state index contributed by atoms with van der Waals surface area (Å²) < 4.78 is 2.06. The lowest BCUT2D eigenvalue weighted by atomic mass is 10.0. The highest BCUT2D eigenvalue weighted by atomic mass is 16.1. The van der Waals surface area contributed by atoms with Crippen molar-refractivity contribution in [2.75, 3.05) is 13.1 Å². The van der Waals surface area contributed by atoms with Gasteiger partial charge in [0.2, 0.25) is 5.91 Å². The Morgan fingerprint density at radius 1 is 1.28 bits per heavy atom. The van der Waals surface area contributed by atoms with Crippen LogP contribution in [0.15, 0.2) is 30.3 Å². The summed E-state index contributed by atoms with van der Waals surface area (Å²) in [5, 5.41) is 11.2. The largest absolute Gasteiger partial charge is 0.350 e. The van der Waals surface area contributed by atoms with Crippen LogP contribution in [0.4, 0.5) is 0 Å². The highest BCUT2D eigenvalue weighted by Gasteiger charge is 2.23. The van der Waals surface area contributed by atoms with Gasteiger partial charge >= 0.3 is 0 Å². The van der Waals surface area contributed by atoms with E-state index in [1.807, 2.05) is 18.2 Å². The fourth-order valence-corrected chi connectivity index (χ4v) is 4.01. The third kappa shape index (κ3) is 3.61. The third-order valence-corrected chi connectivity index (χ3v) is 5.41. The van der Waals surface area contributed by atoms with Crippen LogP contribution in [0.1, 0.15) is 42.6 Å². The van der Waals surface area contributed by atoms with Gasteiger partial charge < -0.3 is 10.6 Å². The van der Waals surface area contributed by atoms with Crippen molar-refractivity contribution in [3.63, 3.8) is 0 Å². The SMILES string of the molecule is O=C(CCC1CCNC1)NCc1nn(-c2ccccc2)c2c1CCC2. The van der Waals surface area contributed by atoms with Gasteiger partial charge in [-0.05, 0) is 68.8 Å². The number of nitrogens with zero attached hydrogens (tertiary/aromatic N) is 2. The predicted octanol–water partition coefficient (Wildman–Crippen LogP) is 2.37. The smallest absolute Gasteiger partial charge is 0.220 e. The maximum Gasteiger partial charge on any atom is 0.220 e. The zero-order valence-electron chi connectivity index (χ0n) is 14.6. The maximum absolute atomic E-state index is 12.2. The number of aromatic nitrogens is 2. The molecule has 4 rings (SSSR count). The summed E-state index contributed by atoms with van der Waals surface area (Å²) >= 11 is 0. The molecule has 1 aliphatic heterocycles. The van der Waals surface area contributed by atoms with Gasteiger partial charge in [-0.15, -0.1) is 0 Å². The Balaban J connectivity index is 1.40. The molecule has 2 aliphatic rings. The number of carbonyl (C=O) groups excluding carboxylic acids is 1. The Hall–Kier alpha value is -2.14. The molecule has 1 atom stereocenters. The highest BCUT2D eigenvalue weighted by Crippen LogP contribution is 2.27. The minimum Gasteiger partial charge on any atom is -0.350 e. The molecule has 0 saturated carbocycles. The summed E-state index contributed by atoms with van der Waals surface area (Å²) in [7, 11) is 0. The van der Waals surface area contributed by atoms with E-state index in [2.05, 4.69) is 27.4 Å². The molecule has 1 amide bonds. The molecule has 1 saturated heterocycles. The van der Waals surface area contributed by atoms with E-state index in [1.54, 1.807) is 0 Å². The summed E-state index contributed by atoms with van der Waals surface area (Å²) in [4.78, 5) is 12.2. The lowest BCUT2D eigenvalue weighted by molar-refractivity contribution is -0.121. The highest BCUT2D eigenvalue weighted by molar-refractivity contribution is 5.75. The zero-order valence-corrected chi connectivity index (χ0v) is 14.6. The zero-order chi connectivity index (χ0) is 17.1. The fourth-order valence-electron chi connectivity index (χ4n) is 4.01. The normalized spacial score (nSPS) is 19.1. The van der Waals surface area contributed by atoms with Gasteiger partial charge in [0.25, 0.3) is 0 Å². The van der Waals surface area contributed by atoms with E-state index >= 15 is 0 Å². The molecule has 0 radical (unpaired) electrons. The van der Waals surface area contributed by atoms with Crippen molar-refractivity contribution in [3.05, 3.63) is 47.3 Å². The molecule has 1 unspecified atom stereocenters. The topological polar surface area (TPSA) is 59.0 Å². The van der Waals surface area contributed by atoms with E-state index in [0.29, 0.717) is 18.9 Å². The van der Waals surface area contributed by atoms with Crippen molar-refractivity contribution in [3.8, 4) is 5.69 Å². The average molecular weight is 338 g/mol. The maximum atomic E-state index is 12.2. The number of hydrogen-bond donors (Lipinski definition) is 2. The van der Waals surface area contributed by atoms with Gasteiger partial charge in [-0.3, -0.25) is 4.79 Å². The standard InChI is InChI=1S/C20H26N4O/c25-20(10-9-15-11-12-21-13-15)22-14-18-17-7-4-8-19(17)24(23-18)16-5-2-1-3-6-16/h1-3,5-6,15,21H,4,7-14H2,(H,22,25). The van der Waals surface area contributed by atoms with Crippen molar-refractivity contribution in [1.29, 1.82) is 0 Å². The van der Waals surface area contributed by atoms with Crippen molar-refractivity contribution in [2.24, 2.45) is 5.92 Å². The molecule has 132 valence electrons. The predicted molar refractivity (Wildman–Crippen MR) is 97.6 cm³/mol. The Morgan fingerprint density at radius 2 is 2.16 bits per heavy atom. The molecule has 2 N–H and O–H groups in total. The van der Waals surface area contributed by atoms with Crippen LogP contribution in [0.5, 0.6) is 0 Å². The van der Waals surface area contributed by atoms with Gasteiger partial charge in [-0.2, -0.15) is 5.10 Å². The lowest BCUT2D eigenvalue weighted by Crippen LogP contribution is -2.24. The van der Waals surface area contributed by atoms with Crippen molar-refractivity contribution in [1.82, 2.24) is 20.4 Å². The van der Waals surface area contributed by atoms with E-state index in [4.69, 9.17) is 5.10 Å². The van der Waals surface area contributed by atoms with Crippen molar-refractivity contribution < 1.29 is 4.79 Å². The van der Waals surface area contributed by atoms with Crippen molar-refractivity contribution in [2.45, 2.75) is 45.1 Å². The summed E-state index contributed by atoms with van der Waals surface area (Å²) in [6.45, 7) is 2.70. The molecule has 2 aromatic rings. The van der Waals surface area contributed by atoms with Gasteiger partial charge in [-0.25, -0.2) is 4.68 Å². The third-order valence-electron chi connectivity index (χ3n) is 5.41. The number of fused-ring (bicyclic) bond motifs is 1. The van der Waals surface area contributed by atoms with Crippen LogP contribution in [0.3, 0.4) is 0 Å². The first-order valence-corrected chi connectivity index (χ1v) is 9.44. The Morgan fingerprint density at radius 3 is 2.96 bits per heavy atom. The van der Waals surface area contributed by atoms with Crippen LogP contribution in [0, 0.1) is 5.92 Å². The van der Waals surface area contributed by atoms with Crippen molar-refractivity contribution >= 4 is 5.91 Å². The number of benzene rings is 1. The fraction of sp³-hybridized carbons (Fsp3) is 0.500. The van der Waals surface area contributed by atoms with Crippen LogP contribution in [-0.4, -0.2) is 28.8 Å². The molecule has 25 heavy (non-hydrogen) atoms. The number of hydrogen-bond acceptors (Lipinski definition) is 3. The Kier molecular flexibility index (Phi) is 4.83. The van der Waals surface area contributed by atoms with Crippen LogP contribution in [-0.2, 0) is 24.2 Å². The quantitative estimate of drug-likeness (QED) is 0.850. The lowest BCUT2D eigenvalue weighted by Gasteiger charge is -2.08. The molecule has 1 fully saturated rings. The molecule has 0 bridgehead atoms. The van der Waals surface area contributed by atoms with Gasteiger partial charge in [0.05, 0.1) is 17.9 Å². The van der Waals surface area contributed by atoms with Crippen LogP contribution in [0.25, 0.3) is 5.69 Å². The summed E-state index contributed by atoms with van der Waals surface area (Å²) in [6, 6.07) is 10.3.